The largest absolute Gasteiger partial charge is 0.507 e. The van der Waals surface area contributed by atoms with Crippen LogP contribution < -0.4 is 4.74 Å². The second kappa shape index (κ2) is 3.26. The van der Waals surface area contributed by atoms with Crippen LogP contribution >= 0.6 is 22.6 Å². The zero-order chi connectivity index (χ0) is 11.2. The van der Waals surface area contributed by atoms with Gasteiger partial charge in [-0.25, -0.2) is 4.79 Å². The van der Waals surface area contributed by atoms with Crippen LogP contribution in [0.4, 0.5) is 0 Å². The summed E-state index contributed by atoms with van der Waals surface area (Å²) in [5, 5.41) is 9.49. The van der Waals surface area contributed by atoms with Crippen molar-refractivity contribution in [3.8, 4) is 11.5 Å². The predicted octanol–water partition coefficient (Wildman–Crippen LogP) is 2.28. The fourth-order valence-electron chi connectivity index (χ4n) is 1.35. The van der Waals surface area contributed by atoms with Crippen molar-refractivity contribution in [2.45, 2.75) is 19.6 Å². The molecule has 0 fully saturated rings. The molecule has 0 bridgehead atoms. The molecule has 0 aliphatic carbocycles. The lowest BCUT2D eigenvalue weighted by Crippen LogP contribution is -2.38. The van der Waals surface area contributed by atoms with E-state index >= 15 is 0 Å². The molecule has 4 nitrogen and oxygen atoms in total. The number of fused-ring (bicyclic) bond motifs is 1. The molecule has 5 heteroatoms. The Morgan fingerprint density at radius 3 is 2.67 bits per heavy atom. The van der Waals surface area contributed by atoms with E-state index in [-0.39, 0.29) is 5.75 Å². The Labute approximate surface area is 100 Å². The number of ether oxygens (including phenoxy) is 2. The van der Waals surface area contributed by atoms with E-state index in [4.69, 9.17) is 9.47 Å². The highest BCUT2D eigenvalue weighted by Gasteiger charge is 2.34. The van der Waals surface area contributed by atoms with E-state index in [0.717, 1.165) is 0 Å². The first-order valence-electron chi connectivity index (χ1n) is 4.34. The molecule has 1 aliphatic rings. The third-order valence-corrected chi connectivity index (χ3v) is 2.83. The molecule has 0 amide bonds. The number of phenols is 1. The summed E-state index contributed by atoms with van der Waals surface area (Å²) in [6.45, 7) is 3.28. The first kappa shape index (κ1) is 10.5. The van der Waals surface area contributed by atoms with Crippen molar-refractivity contribution in [3.63, 3.8) is 0 Å². The second-order valence-corrected chi connectivity index (χ2v) is 4.85. The van der Waals surface area contributed by atoms with Gasteiger partial charge in [-0.1, -0.05) is 0 Å². The quantitative estimate of drug-likeness (QED) is 0.589. The Bertz CT molecular complexity index is 439. The van der Waals surface area contributed by atoms with E-state index in [1.165, 1.54) is 6.07 Å². The first-order chi connectivity index (χ1) is 6.89. The van der Waals surface area contributed by atoms with Gasteiger partial charge in [-0.3, -0.25) is 0 Å². The lowest BCUT2D eigenvalue weighted by Gasteiger charge is -2.31. The zero-order valence-corrected chi connectivity index (χ0v) is 10.4. The van der Waals surface area contributed by atoms with E-state index in [9.17, 15) is 9.90 Å². The summed E-state index contributed by atoms with van der Waals surface area (Å²) in [6, 6.07) is 2.97. The van der Waals surface area contributed by atoms with Gasteiger partial charge in [-0.05, 0) is 28.7 Å². The minimum atomic E-state index is -0.983. The Kier molecular flexibility index (Phi) is 2.29. The number of cyclic esters (lactones) is 1. The highest BCUT2D eigenvalue weighted by atomic mass is 127. The van der Waals surface area contributed by atoms with Gasteiger partial charge < -0.3 is 14.6 Å². The van der Waals surface area contributed by atoms with Crippen molar-refractivity contribution in [3.05, 3.63) is 21.3 Å². The lowest BCUT2D eigenvalue weighted by molar-refractivity contribution is -0.127. The van der Waals surface area contributed by atoms with Gasteiger partial charge in [0, 0.05) is 19.9 Å². The molecule has 0 saturated carbocycles. The normalized spacial score (nSPS) is 17.7. The molecule has 1 aliphatic heterocycles. The van der Waals surface area contributed by atoms with E-state index in [2.05, 4.69) is 0 Å². The standard InChI is InChI=1S/C10H9IO4/c1-10(2)14-8-4-7(12)6(11)3-5(8)9(13)15-10/h3-4,12H,1-2H3. The molecule has 1 aromatic rings. The predicted molar refractivity (Wildman–Crippen MR) is 60.9 cm³/mol. The average Bonchev–Trinajstić information content (AvgIpc) is 2.07. The van der Waals surface area contributed by atoms with Gasteiger partial charge in [0.25, 0.3) is 0 Å². The number of carbonyl (C=O) groups is 1. The summed E-state index contributed by atoms with van der Waals surface area (Å²) < 4.78 is 11.1. The summed E-state index contributed by atoms with van der Waals surface area (Å²) in [5.74, 6) is -0.961. The van der Waals surface area contributed by atoms with Crippen molar-refractivity contribution in [2.24, 2.45) is 0 Å². The molecule has 0 aromatic heterocycles. The van der Waals surface area contributed by atoms with Crippen LogP contribution in [0.3, 0.4) is 0 Å². The van der Waals surface area contributed by atoms with Crippen molar-refractivity contribution in [2.75, 3.05) is 0 Å². The van der Waals surface area contributed by atoms with Gasteiger partial charge in [0.2, 0.25) is 5.79 Å². The summed E-state index contributed by atoms with van der Waals surface area (Å²) in [6.07, 6.45) is 0. The van der Waals surface area contributed by atoms with Crippen LogP contribution in [-0.4, -0.2) is 16.9 Å². The molecular formula is C10H9IO4. The van der Waals surface area contributed by atoms with Crippen molar-refractivity contribution >= 4 is 28.6 Å². The van der Waals surface area contributed by atoms with Crippen LogP contribution in [0.5, 0.6) is 11.5 Å². The van der Waals surface area contributed by atoms with Crippen LogP contribution in [0.2, 0.25) is 0 Å². The van der Waals surface area contributed by atoms with E-state index in [1.807, 2.05) is 22.6 Å². The Hall–Kier alpha value is -0.980. The van der Waals surface area contributed by atoms with Gasteiger partial charge in [0.15, 0.2) is 0 Å². The van der Waals surface area contributed by atoms with E-state index in [1.54, 1.807) is 19.9 Å². The maximum atomic E-state index is 11.6. The topological polar surface area (TPSA) is 55.8 Å². The Morgan fingerprint density at radius 2 is 2.00 bits per heavy atom. The van der Waals surface area contributed by atoms with E-state index in [0.29, 0.717) is 14.9 Å². The van der Waals surface area contributed by atoms with Crippen molar-refractivity contribution in [1.29, 1.82) is 0 Å². The number of benzene rings is 1. The molecular weight excluding hydrogens is 311 g/mol. The van der Waals surface area contributed by atoms with Crippen LogP contribution in [0, 0.1) is 3.57 Å². The maximum absolute atomic E-state index is 11.6. The number of rotatable bonds is 0. The fourth-order valence-corrected chi connectivity index (χ4v) is 1.82. The number of hydrogen-bond donors (Lipinski definition) is 1. The molecule has 15 heavy (non-hydrogen) atoms. The van der Waals surface area contributed by atoms with Gasteiger partial charge in [0.1, 0.15) is 17.1 Å². The Morgan fingerprint density at radius 1 is 1.33 bits per heavy atom. The molecule has 0 atom stereocenters. The molecule has 2 rings (SSSR count). The number of esters is 1. The summed E-state index contributed by atoms with van der Waals surface area (Å²) in [4.78, 5) is 11.6. The Balaban J connectivity index is 2.56. The van der Waals surface area contributed by atoms with Gasteiger partial charge in [0.05, 0.1) is 3.57 Å². The zero-order valence-electron chi connectivity index (χ0n) is 8.20. The molecule has 1 N–H and O–H groups in total. The van der Waals surface area contributed by atoms with Crippen LogP contribution in [0.25, 0.3) is 0 Å². The van der Waals surface area contributed by atoms with Crippen LogP contribution in [0.1, 0.15) is 24.2 Å². The number of phenolic OH excluding ortho intramolecular Hbond substituents is 1. The third-order valence-electron chi connectivity index (χ3n) is 1.96. The highest BCUT2D eigenvalue weighted by molar-refractivity contribution is 14.1. The maximum Gasteiger partial charge on any atom is 0.345 e. The monoisotopic (exact) mass is 320 g/mol. The van der Waals surface area contributed by atoms with Gasteiger partial charge in [-0.2, -0.15) is 0 Å². The van der Waals surface area contributed by atoms with Crippen molar-refractivity contribution in [1.82, 2.24) is 0 Å². The second-order valence-electron chi connectivity index (χ2n) is 3.69. The molecule has 1 heterocycles. The van der Waals surface area contributed by atoms with Crippen LogP contribution in [0.15, 0.2) is 12.1 Å². The van der Waals surface area contributed by atoms with Crippen molar-refractivity contribution < 1.29 is 19.4 Å². The van der Waals surface area contributed by atoms with Gasteiger partial charge >= 0.3 is 5.97 Å². The molecule has 0 radical (unpaired) electrons. The molecule has 0 unspecified atom stereocenters. The fraction of sp³-hybridized carbons (Fsp3) is 0.300. The highest BCUT2D eigenvalue weighted by Crippen LogP contribution is 2.36. The molecule has 0 spiro atoms. The summed E-state index contributed by atoms with van der Waals surface area (Å²) >= 11 is 1.94. The molecule has 0 saturated heterocycles. The lowest BCUT2D eigenvalue weighted by atomic mass is 10.1. The first-order valence-corrected chi connectivity index (χ1v) is 5.42. The molecule has 80 valence electrons. The number of carbonyl (C=O) groups excluding carboxylic acids is 1. The SMILES string of the molecule is CC1(C)OC(=O)c2cc(I)c(O)cc2O1. The minimum absolute atomic E-state index is 0.0971. The smallest absolute Gasteiger partial charge is 0.345 e. The summed E-state index contributed by atoms with van der Waals surface area (Å²) in [5.41, 5.74) is 0.344. The summed E-state index contributed by atoms with van der Waals surface area (Å²) in [7, 11) is 0. The van der Waals surface area contributed by atoms with Crippen LogP contribution in [-0.2, 0) is 4.74 Å². The minimum Gasteiger partial charge on any atom is -0.507 e. The number of aromatic hydroxyl groups is 1. The molecule has 1 aromatic carbocycles. The third kappa shape index (κ3) is 1.88. The average molecular weight is 320 g/mol. The number of halogens is 1. The van der Waals surface area contributed by atoms with Gasteiger partial charge in [-0.15, -0.1) is 0 Å². The number of hydrogen-bond acceptors (Lipinski definition) is 4. The van der Waals surface area contributed by atoms with E-state index < -0.39 is 11.8 Å².